The fraction of sp³-hybridized carbons (Fsp3) is 0.545. The van der Waals surface area contributed by atoms with Crippen LogP contribution in [0.5, 0.6) is 0 Å². The van der Waals surface area contributed by atoms with E-state index in [0.29, 0.717) is 17.0 Å². The Kier molecular flexibility index (Phi) is 2.73. The van der Waals surface area contributed by atoms with E-state index < -0.39 is 6.08 Å². The van der Waals surface area contributed by atoms with E-state index in [1.807, 2.05) is 0 Å². The molecule has 0 spiro atoms. The molecule has 0 aliphatic rings. The van der Waals surface area contributed by atoms with E-state index in [2.05, 4.69) is 52.9 Å². The minimum absolute atomic E-state index is 0.0755. The van der Waals surface area contributed by atoms with E-state index >= 15 is 0 Å². The molecule has 1 atom stereocenters. The van der Waals surface area contributed by atoms with Gasteiger partial charge in [0.2, 0.25) is 0 Å². The quantitative estimate of drug-likeness (QED) is 0.787. The second-order valence-corrected chi connectivity index (χ2v) is 5.18. The van der Waals surface area contributed by atoms with Crippen LogP contribution in [-0.2, 0) is 0 Å². The smallest absolute Gasteiger partial charge is 0.288 e. The molecule has 0 saturated carbocycles. The Balaban J connectivity index is 2.36. The molecule has 2 aromatic heterocycles. The Morgan fingerprint density at radius 3 is 2.71 bits per heavy atom. The molecule has 0 aromatic carbocycles. The second-order valence-electron chi connectivity index (χ2n) is 5.18. The van der Waals surface area contributed by atoms with E-state index in [1.54, 1.807) is 0 Å². The molecule has 0 aliphatic heterocycles. The van der Waals surface area contributed by atoms with Crippen molar-refractivity contribution in [3.05, 3.63) is 12.4 Å². The maximum Gasteiger partial charge on any atom is 0.288 e. The van der Waals surface area contributed by atoms with E-state index in [0.717, 1.165) is 0 Å². The van der Waals surface area contributed by atoms with Gasteiger partial charge in [0.15, 0.2) is 17.0 Å². The van der Waals surface area contributed by atoms with Crippen molar-refractivity contribution >= 4 is 17.0 Å². The molecule has 2 N–H and O–H groups in total. The molecule has 0 fully saturated rings. The zero-order chi connectivity index (χ0) is 12.6. The zero-order valence-corrected chi connectivity index (χ0v) is 10.4. The number of fused-ring (bicyclic) bond motifs is 1. The highest BCUT2D eigenvalue weighted by molar-refractivity contribution is 5.82. The predicted octanol–water partition coefficient (Wildman–Crippen LogP) is 2.34. The van der Waals surface area contributed by atoms with Crippen molar-refractivity contribution in [2.45, 2.75) is 33.7 Å². The minimum atomic E-state index is -0.646. The normalized spacial score (nSPS) is 13.9. The first-order chi connectivity index (χ1) is 7.88. The fourth-order valence-electron chi connectivity index (χ4n) is 1.33. The molecule has 17 heavy (non-hydrogen) atoms. The van der Waals surface area contributed by atoms with E-state index in [9.17, 15) is 4.39 Å². The molecule has 1 unspecified atom stereocenters. The summed E-state index contributed by atoms with van der Waals surface area (Å²) < 4.78 is 13.0. The van der Waals surface area contributed by atoms with Gasteiger partial charge in [0.1, 0.15) is 6.33 Å². The van der Waals surface area contributed by atoms with Gasteiger partial charge < -0.3 is 5.32 Å². The predicted molar refractivity (Wildman–Crippen MR) is 64.2 cm³/mol. The first-order valence-corrected chi connectivity index (χ1v) is 5.50. The summed E-state index contributed by atoms with van der Waals surface area (Å²) in [6.45, 7) is 8.41. The third-order valence-electron chi connectivity index (χ3n) is 2.91. The summed E-state index contributed by atoms with van der Waals surface area (Å²) in [6.07, 6.45) is 0.740. The van der Waals surface area contributed by atoms with Crippen LogP contribution in [0.4, 0.5) is 10.2 Å². The monoisotopic (exact) mass is 237 g/mol. The topological polar surface area (TPSA) is 66.5 Å². The molecule has 2 heterocycles. The number of aromatic amines is 1. The number of anilines is 1. The fourth-order valence-corrected chi connectivity index (χ4v) is 1.33. The summed E-state index contributed by atoms with van der Waals surface area (Å²) in [7, 11) is 0. The Hall–Kier alpha value is -1.72. The number of aromatic nitrogens is 4. The van der Waals surface area contributed by atoms with Crippen molar-refractivity contribution in [3.63, 3.8) is 0 Å². The molecule has 5 nitrogen and oxygen atoms in total. The molecular weight excluding hydrogens is 221 g/mol. The molecule has 0 aliphatic carbocycles. The van der Waals surface area contributed by atoms with Crippen LogP contribution in [0, 0.1) is 11.5 Å². The molecular formula is C11H16FN5. The van der Waals surface area contributed by atoms with Gasteiger partial charge in [-0.25, -0.2) is 9.97 Å². The number of rotatable bonds is 2. The van der Waals surface area contributed by atoms with Crippen molar-refractivity contribution in [2.24, 2.45) is 5.41 Å². The van der Waals surface area contributed by atoms with Crippen molar-refractivity contribution in [3.8, 4) is 0 Å². The Bertz CT molecular complexity index is 528. The summed E-state index contributed by atoms with van der Waals surface area (Å²) in [5.74, 6) is 0.553. The van der Waals surface area contributed by atoms with Crippen LogP contribution in [0.3, 0.4) is 0 Å². The maximum absolute atomic E-state index is 13.0. The third kappa shape index (κ3) is 2.35. The molecule has 92 valence electrons. The summed E-state index contributed by atoms with van der Waals surface area (Å²) in [4.78, 5) is 14.2. The number of halogens is 1. The van der Waals surface area contributed by atoms with Gasteiger partial charge in [-0.05, 0) is 12.3 Å². The number of hydrogen-bond acceptors (Lipinski definition) is 4. The van der Waals surface area contributed by atoms with Gasteiger partial charge in [-0.3, -0.25) is 4.98 Å². The van der Waals surface area contributed by atoms with Gasteiger partial charge in [0, 0.05) is 6.04 Å². The molecule has 0 bridgehead atoms. The molecule has 6 heteroatoms. The average molecular weight is 237 g/mol. The standard InChI is InChI=1S/C11H16FN5/c1-6(11(2,3)4)15-8-7-9(14-5-13-8)17-10(12)16-7/h5-6H,1-4H3,(H2,13,14,15,16,17). The largest absolute Gasteiger partial charge is 0.365 e. The lowest BCUT2D eigenvalue weighted by Crippen LogP contribution is -2.31. The van der Waals surface area contributed by atoms with Gasteiger partial charge in [-0.1, -0.05) is 20.8 Å². The van der Waals surface area contributed by atoms with Crippen molar-refractivity contribution in [1.82, 2.24) is 19.9 Å². The van der Waals surface area contributed by atoms with E-state index in [1.165, 1.54) is 6.33 Å². The van der Waals surface area contributed by atoms with Crippen LogP contribution in [-0.4, -0.2) is 26.0 Å². The minimum Gasteiger partial charge on any atom is -0.365 e. The lowest BCUT2D eigenvalue weighted by atomic mass is 9.88. The van der Waals surface area contributed by atoms with Gasteiger partial charge in [0.25, 0.3) is 6.08 Å². The Morgan fingerprint density at radius 2 is 2.06 bits per heavy atom. The lowest BCUT2D eigenvalue weighted by molar-refractivity contribution is 0.359. The second kappa shape index (κ2) is 3.94. The van der Waals surface area contributed by atoms with Crippen LogP contribution in [0.1, 0.15) is 27.7 Å². The zero-order valence-electron chi connectivity index (χ0n) is 10.4. The van der Waals surface area contributed by atoms with Crippen LogP contribution in [0.25, 0.3) is 11.2 Å². The molecule has 0 amide bonds. The maximum atomic E-state index is 13.0. The van der Waals surface area contributed by atoms with E-state index in [4.69, 9.17) is 0 Å². The molecule has 0 radical (unpaired) electrons. The highest BCUT2D eigenvalue weighted by Crippen LogP contribution is 2.24. The van der Waals surface area contributed by atoms with Crippen LogP contribution in [0.15, 0.2) is 6.33 Å². The van der Waals surface area contributed by atoms with Gasteiger partial charge in [-0.15, -0.1) is 0 Å². The average Bonchev–Trinajstić information content (AvgIpc) is 2.58. The molecule has 2 rings (SSSR count). The van der Waals surface area contributed by atoms with Gasteiger partial charge in [0.05, 0.1) is 0 Å². The Labute approximate surface area is 98.9 Å². The van der Waals surface area contributed by atoms with Crippen molar-refractivity contribution < 1.29 is 4.39 Å². The van der Waals surface area contributed by atoms with Gasteiger partial charge in [-0.2, -0.15) is 9.37 Å². The first-order valence-electron chi connectivity index (χ1n) is 5.50. The summed E-state index contributed by atoms with van der Waals surface area (Å²) in [5.41, 5.74) is 0.911. The van der Waals surface area contributed by atoms with Gasteiger partial charge >= 0.3 is 0 Å². The highest BCUT2D eigenvalue weighted by Gasteiger charge is 2.21. The Morgan fingerprint density at radius 1 is 1.35 bits per heavy atom. The number of imidazole rings is 1. The summed E-state index contributed by atoms with van der Waals surface area (Å²) in [6, 6.07) is 0.181. The number of nitrogens with zero attached hydrogens (tertiary/aromatic N) is 3. The first kappa shape index (κ1) is 11.8. The van der Waals surface area contributed by atoms with Crippen LogP contribution < -0.4 is 5.32 Å². The van der Waals surface area contributed by atoms with Crippen LogP contribution >= 0.6 is 0 Å². The van der Waals surface area contributed by atoms with E-state index in [-0.39, 0.29) is 11.5 Å². The number of hydrogen-bond donors (Lipinski definition) is 2. The number of nitrogens with one attached hydrogen (secondary N) is 2. The lowest BCUT2D eigenvalue weighted by Gasteiger charge is -2.28. The van der Waals surface area contributed by atoms with Crippen molar-refractivity contribution in [1.29, 1.82) is 0 Å². The summed E-state index contributed by atoms with van der Waals surface area (Å²) >= 11 is 0. The number of H-pyrrole nitrogens is 1. The summed E-state index contributed by atoms with van der Waals surface area (Å²) in [5, 5.41) is 3.24. The third-order valence-corrected chi connectivity index (χ3v) is 2.91. The SMILES string of the molecule is CC(Nc1ncnc2[nH]c(F)nc12)C(C)(C)C. The van der Waals surface area contributed by atoms with Crippen molar-refractivity contribution in [2.75, 3.05) is 5.32 Å². The molecule has 0 saturated heterocycles. The van der Waals surface area contributed by atoms with Crippen LogP contribution in [0.2, 0.25) is 0 Å². The highest BCUT2D eigenvalue weighted by atomic mass is 19.1. The molecule has 2 aromatic rings.